The van der Waals surface area contributed by atoms with Crippen LogP contribution in [0.5, 0.6) is 0 Å². The van der Waals surface area contributed by atoms with E-state index in [2.05, 4.69) is 30.3 Å². The number of rotatable bonds is 9. The molecule has 1 fully saturated rings. The van der Waals surface area contributed by atoms with E-state index in [1.165, 1.54) is 24.3 Å². The van der Waals surface area contributed by atoms with Gasteiger partial charge in [-0.25, -0.2) is 14.6 Å². The van der Waals surface area contributed by atoms with E-state index in [-0.39, 0.29) is 40.2 Å². The largest absolute Gasteiger partial charge is 0.477 e. The summed E-state index contributed by atoms with van der Waals surface area (Å²) in [6, 6.07) is -1.03. The van der Waals surface area contributed by atoms with E-state index in [4.69, 9.17) is 5.73 Å². The van der Waals surface area contributed by atoms with Gasteiger partial charge in [0.05, 0.1) is 0 Å². The van der Waals surface area contributed by atoms with Crippen molar-refractivity contribution in [3.05, 3.63) is 22.3 Å². The fraction of sp³-hybridized carbons (Fsp3) is 0.312. The Labute approximate surface area is 187 Å². The minimum Gasteiger partial charge on any atom is -0.477 e. The topological polar surface area (TPSA) is 203 Å². The molecular weight excluding hydrogens is 468 g/mol. The van der Waals surface area contributed by atoms with Gasteiger partial charge in [-0.05, 0) is 0 Å². The number of aromatic nitrogens is 1. The van der Waals surface area contributed by atoms with Crippen LogP contribution < -0.4 is 16.4 Å². The summed E-state index contributed by atoms with van der Waals surface area (Å²) in [5.41, 5.74) is 4.67. The SMILES string of the molecule is CO/N=C(/C(=O)NC1C(=O)N2C(C(=O)O)=C(COC(N)=O)CS[C@H]12)c1csc(NC=O)n1. The van der Waals surface area contributed by atoms with E-state index in [0.29, 0.717) is 6.41 Å². The first-order chi connectivity index (χ1) is 15.3. The number of carbonyl (C=O) groups is 5. The molecule has 16 heteroatoms. The minimum absolute atomic E-state index is 0.107. The lowest BCUT2D eigenvalue weighted by Crippen LogP contribution is -2.71. The number of aliphatic carboxylic acids is 1. The third kappa shape index (κ3) is 4.50. The maximum absolute atomic E-state index is 12.8. The van der Waals surface area contributed by atoms with Gasteiger partial charge in [0.15, 0.2) is 10.8 Å². The van der Waals surface area contributed by atoms with Gasteiger partial charge < -0.3 is 31.0 Å². The van der Waals surface area contributed by atoms with Gasteiger partial charge in [0.2, 0.25) is 6.41 Å². The molecule has 0 saturated carbocycles. The quantitative estimate of drug-likeness (QED) is 0.144. The van der Waals surface area contributed by atoms with Crippen LogP contribution in [0, 0.1) is 0 Å². The number of amides is 4. The van der Waals surface area contributed by atoms with Crippen LogP contribution in [0.25, 0.3) is 0 Å². The number of carboxylic acid groups (broad SMARTS) is 1. The molecule has 2 aliphatic heterocycles. The second-order valence-corrected chi connectivity index (χ2v) is 8.11. The van der Waals surface area contributed by atoms with E-state index in [1.54, 1.807) is 0 Å². The van der Waals surface area contributed by atoms with Crippen LogP contribution in [0.3, 0.4) is 0 Å². The number of hydrogen-bond donors (Lipinski definition) is 4. The van der Waals surface area contributed by atoms with Crippen molar-refractivity contribution in [3.8, 4) is 0 Å². The lowest BCUT2D eigenvalue weighted by molar-refractivity contribution is -0.150. The molecule has 5 N–H and O–H groups in total. The zero-order chi connectivity index (χ0) is 23.4. The van der Waals surface area contributed by atoms with Crippen molar-refractivity contribution in [2.75, 3.05) is 24.8 Å². The predicted octanol–water partition coefficient (Wildman–Crippen LogP) is -1.10. The summed E-state index contributed by atoms with van der Waals surface area (Å²) in [5, 5.41) is 19.0. The molecule has 0 spiro atoms. The Kier molecular flexibility index (Phi) is 6.94. The fourth-order valence-corrected chi connectivity index (χ4v) is 4.94. The number of ether oxygens (including phenoxy) is 1. The molecule has 1 aromatic heterocycles. The fourth-order valence-electron chi connectivity index (χ4n) is 2.96. The number of fused-ring (bicyclic) bond motifs is 1. The van der Waals surface area contributed by atoms with Crippen molar-refractivity contribution in [3.63, 3.8) is 0 Å². The summed E-state index contributed by atoms with van der Waals surface area (Å²) in [6.07, 6.45) is -0.651. The summed E-state index contributed by atoms with van der Waals surface area (Å²) in [6.45, 7) is -0.372. The molecule has 3 rings (SSSR count). The highest BCUT2D eigenvalue weighted by Crippen LogP contribution is 2.40. The molecule has 0 radical (unpaired) electrons. The third-order valence-corrected chi connectivity index (χ3v) is 6.37. The Morgan fingerprint density at radius 1 is 1.47 bits per heavy atom. The van der Waals surface area contributed by atoms with Gasteiger partial charge in [-0.15, -0.1) is 23.1 Å². The average molecular weight is 484 g/mol. The predicted molar refractivity (Wildman–Crippen MR) is 111 cm³/mol. The van der Waals surface area contributed by atoms with Crippen molar-refractivity contribution >= 4 is 64.2 Å². The molecule has 2 atom stereocenters. The molecule has 14 nitrogen and oxygen atoms in total. The molecule has 0 bridgehead atoms. The van der Waals surface area contributed by atoms with Gasteiger partial charge in [-0.3, -0.25) is 19.3 Å². The average Bonchev–Trinajstić information content (AvgIpc) is 3.21. The lowest BCUT2D eigenvalue weighted by atomic mass is 10.0. The van der Waals surface area contributed by atoms with Gasteiger partial charge in [0.25, 0.3) is 11.8 Å². The normalized spacial score (nSPS) is 20.1. The van der Waals surface area contributed by atoms with E-state index >= 15 is 0 Å². The maximum atomic E-state index is 12.8. The summed E-state index contributed by atoms with van der Waals surface area (Å²) in [7, 11) is 1.22. The number of nitrogens with one attached hydrogen (secondary N) is 2. The van der Waals surface area contributed by atoms with Crippen LogP contribution in [0.1, 0.15) is 5.69 Å². The van der Waals surface area contributed by atoms with Gasteiger partial charge in [-0.1, -0.05) is 5.16 Å². The number of thiazole rings is 1. The first kappa shape index (κ1) is 23.0. The first-order valence-electron chi connectivity index (χ1n) is 8.68. The van der Waals surface area contributed by atoms with Crippen molar-refractivity contribution < 1.29 is 38.7 Å². The highest BCUT2D eigenvalue weighted by atomic mass is 32.2. The van der Waals surface area contributed by atoms with E-state index in [9.17, 15) is 29.1 Å². The van der Waals surface area contributed by atoms with E-state index in [0.717, 1.165) is 16.2 Å². The monoisotopic (exact) mass is 484 g/mol. The van der Waals surface area contributed by atoms with E-state index in [1.807, 2.05) is 0 Å². The Bertz CT molecular complexity index is 1040. The summed E-state index contributed by atoms with van der Waals surface area (Å²) >= 11 is 2.23. The molecule has 4 amide bonds. The number of carbonyl (C=O) groups excluding carboxylic acids is 4. The standard InChI is InChI=1S/C16H16N6O8S2/c1-29-21-8(7-4-32-16(19-7)18-5-23)11(24)20-9-12(25)22-10(14(26)27)6(2-30-15(17)28)3-31-13(9)22/h4-5,9,13H,2-3H2,1H3,(H2,17,28)(H,20,24)(H,26,27)(H,18,19,23)/b21-8+/t9?,13-/m1/s1. The maximum Gasteiger partial charge on any atom is 0.404 e. The molecule has 0 aromatic carbocycles. The molecule has 1 saturated heterocycles. The number of β-lactam (4-membered cyclic amide) rings is 1. The van der Waals surface area contributed by atoms with Crippen LogP contribution in [0.2, 0.25) is 0 Å². The molecule has 170 valence electrons. The van der Waals surface area contributed by atoms with Gasteiger partial charge in [0, 0.05) is 16.7 Å². The number of anilines is 1. The highest BCUT2D eigenvalue weighted by Gasteiger charge is 2.54. The van der Waals surface area contributed by atoms with Crippen LogP contribution >= 0.6 is 23.1 Å². The van der Waals surface area contributed by atoms with Crippen molar-refractivity contribution in [2.45, 2.75) is 11.4 Å². The number of hydrogen-bond acceptors (Lipinski definition) is 11. The molecule has 32 heavy (non-hydrogen) atoms. The number of thioether (sulfide) groups is 1. The smallest absolute Gasteiger partial charge is 0.404 e. The van der Waals surface area contributed by atoms with Crippen LogP contribution in [-0.2, 0) is 28.8 Å². The molecular formula is C16H16N6O8S2. The zero-order valence-corrected chi connectivity index (χ0v) is 17.9. The second kappa shape index (κ2) is 9.65. The number of oxime groups is 1. The van der Waals surface area contributed by atoms with Crippen molar-refractivity contribution in [2.24, 2.45) is 10.9 Å². The molecule has 1 aromatic rings. The molecule has 1 unspecified atom stereocenters. The number of primary amides is 1. The Morgan fingerprint density at radius 2 is 2.22 bits per heavy atom. The van der Waals surface area contributed by atoms with Crippen LogP contribution in [-0.4, -0.2) is 81.9 Å². The third-order valence-electron chi connectivity index (χ3n) is 4.25. The first-order valence-corrected chi connectivity index (χ1v) is 10.6. The molecule has 3 heterocycles. The van der Waals surface area contributed by atoms with E-state index < -0.39 is 35.3 Å². The molecule has 0 aliphatic carbocycles. The Balaban J connectivity index is 1.76. The van der Waals surface area contributed by atoms with Gasteiger partial charge >= 0.3 is 12.1 Å². The number of carboxylic acids is 1. The van der Waals surface area contributed by atoms with Crippen molar-refractivity contribution in [1.82, 2.24) is 15.2 Å². The second-order valence-electron chi connectivity index (χ2n) is 6.15. The molecule has 2 aliphatic rings. The number of nitrogens with zero attached hydrogens (tertiary/aromatic N) is 3. The van der Waals surface area contributed by atoms with Crippen molar-refractivity contribution in [1.29, 1.82) is 0 Å². The summed E-state index contributed by atoms with van der Waals surface area (Å²) in [5.74, 6) is -2.68. The summed E-state index contributed by atoms with van der Waals surface area (Å²) < 4.78 is 4.66. The Hall–Kier alpha value is -3.66. The highest BCUT2D eigenvalue weighted by molar-refractivity contribution is 8.00. The van der Waals surface area contributed by atoms with Gasteiger partial charge in [0.1, 0.15) is 36.5 Å². The Morgan fingerprint density at radius 3 is 2.84 bits per heavy atom. The zero-order valence-electron chi connectivity index (χ0n) is 16.3. The summed E-state index contributed by atoms with van der Waals surface area (Å²) in [4.78, 5) is 68.3. The van der Waals surface area contributed by atoms with Gasteiger partial charge in [-0.2, -0.15) is 0 Å². The minimum atomic E-state index is -1.38. The number of nitrogens with two attached hydrogens (primary N) is 1. The van der Waals surface area contributed by atoms with Crippen LogP contribution in [0.15, 0.2) is 21.8 Å². The van der Waals surface area contributed by atoms with Crippen LogP contribution in [0.4, 0.5) is 9.93 Å². The lowest BCUT2D eigenvalue weighted by Gasteiger charge is -2.49.